The molecule has 1 aromatic carbocycles. The van der Waals surface area contributed by atoms with E-state index < -0.39 is 0 Å². The Morgan fingerprint density at radius 2 is 2.12 bits per heavy atom. The Hall–Kier alpha value is -2.50. The van der Waals surface area contributed by atoms with Crippen molar-refractivity contribution in [2.75, 3.05) is 5.32 Å². The van der Waals surface area contributed by atoms with Crippen LogP contribution in [0.2, 0.25) is 0 Å². The van der Waals surface area contributed by atoms with Crippen molar-refractivity contribution in [2.45, 2.75) is 6.92 Å². The highest BCUT2D eigenvalue weighted by Crippen LogP contribution is 2.21. The van der Waals surface area contributed by atoms with E-state index in [0.717, 1.165) is 10.9 Å². The van der Waals surface area contributed by atoms with E-state index in [-0.39, 0.29) is 11.9 Å². The molecule has 2 aromatic heterocycles. The maximum Gasteiger partial charge on any atom is 0.250 e. The van der Waals surface area contributed by atoms with Gasteiger partial charge in [-0.15, -0.1) is 10.2 Å². The third-order valence-corrected chi connectivity index (χ3v) is 2.41. The zero-order chi connectivity index (χ0) is 11.8. The maximum absolute atomic E-state index is 10.9. The highest BCUT2D eigenvalue weighted by molar-refractivity contribution is 6.03. The van der Waals surface area contributed by atoms with Gasteiger partial charge in [0, 0.05) is 17.8 Å². The van der Waals surface area contributed by atoms with Gasteiger partial charge in [0.1, 0.15) is 5.52 Å². The number of carbonyl (C=O) groups is 1. The van der Waals surface area contributed by atoms with Gasteiger partial charge in [-0.3, -0.25) is 10.1 Å². The third kappa shape index (κ3) is 1.59. The molecule has 3 rings (SSSR count). The number of anilines is 1. The van der Waals surface area contributed by atoms with E-state index in [2.05, 4.69) is 25.5 Å². The Balaban J connectivity index is 2.26. The largest absolute Gasteiger partial charge is 0.336 e. The average molecular weight is 227 g/mol. The lowest BCUT2D eigenvalue weighted by molar-refractivity contribution is -0.114. The number of aromatic amines is 1. The molecule has 0 aliphatic carbocycles. The van der Waals surface area contributed by atoms with Gasteiger partial charge in [0.25, 0.3) is 0 Å². The molecule has 2 N–H and O–H groups in total. The number of aromatic nitrogens is 4. The summed E-state index contributed by atoms with van der Waals surface area (Å²) in [5.74, 6) is 0.000689. The van der Waals surface area contributed by atoms with Crippen molar-refractivity contribution < 1.29 is 4.79 Å². The first-order valence-electron chi connectivity index (χ1n) is 5.13. The molecule has 84 valence electrons. The highest BCUT2D eigenvalue weighted by atomic mass is 16.1. The van der Waals surface area contributed by atoms with Gasteiger partial charge in [-0.05, 0) is 6.07 Å². The Bertz CT molecular complexity index is 718. The summed E-state index contributed by atoms with van der Waals surface area (Å²) in [6.45, 7) is 1.41. The fourth-order valence-electron chi connectivity index (χ4n) is 1.73. The second-order valence-corrected chi connectivity index (χ2v) is 3.68. The molecule has 6 nitrogen and oxygen atoms in total. The topological polar surface area (TPSA) is 83.6 Å². The van der Waals surface area contributed by atoms with Gasteiger partial charge < -0.3 is 4.98 Å². The predicted molar refractivity (Wildman–Crippen MR) is 63.5 cm³/mol. The van der Waals surface area contributed by atoms with Crippen molar-refractivity contribution >= 4 is 33.9 Å². The van der Waals surface area contributed by atoms with Crippen LogP contribution >= 0.6 is 0 Å². The van der Waals surface area contributed by atoms with Crippen LogP contribution in [-0.2, 0) is 4.79 Å². The van der Waals surface area contributed by atoms with Crippen molar-refractivity contribution in [1.29, 1.82) is 0 Å². The molecule has 2 heterocycles. The molecular weight excluding hydrogens is 218 g/mol. The molecule has 0 spiro atoms. The number of fused-ring (bicyclic) bond motifs is 3. The Morgan fingerprint density at radius 3 is 2.94 bits per heavy atom. The number of H-pyrrole nitrogens is 1. The van der Waals surface area contributed by atoms with Gasteiger partial charge in [0.2, 0.25) is 11.9 Å². The average Bonchev–Trinajstić information content (AvgIpc) is 2.66. The first kappa shape index (κ1) is 9.71. The van der Waals surface area contributed by atoms with E-state index in [1.165, 1.54) is 6.92 Å². The normalized spacial score (nSPS) is 10.9. The summed E-state index contributed by atoms with van der Waals surface area (Å²) >= 11 is 0. The summed E-state index contributed by atoms with van der Waals surface area (Å²) in [4.78, 5) is 18.3. The Morgan fingerprint density at radius 1 is 1.29 bits per heavy atom. The van der Waals surface area contributed by atoms with Gasteiger partial charge in [0.15, 0.2) is 5.65 Å². The van der Waals surface area contributed by atoms with Crippen molar-refractivity contribution in [3.63, 3.8) is 0 Å². The Labute approximate surface area is 96.1 Å². The lowest BCUT2D eigenvalue weighted by atomic mass is 10.2. The van der Waals surface area contributed by atoms with Crippen LogP contribution in [0.5, 0.6) is 0 Å². The van der Waals surface area contributed by atoms with Gasteiger partial charge in [-0.2, -0.15) is 0 Å². The minimum absolute atomic E-state index is 0.217. The molecule has 0 unspecified atom stereocenters. The number of benzene rings is 1. The lowest BCUT2D eigenvalue weighted by Gasteiger charge is -1.97. The van der Waals surface area contributed by atoms with Crippen LogP contribution < -0.4 is 5.32 Å². The quantitative estimate of drug-likeness (QED) is 0.659. The maximum atomic E-state index is 10.9. The van der Waals surface area contributed by atoms with E-state index in [0.29, 0.717) is 11.2 Å². The zero-order valence-electron chi connectivity index (χ0n) is 9.06. The molecule has 0 saturated heterocycles. The predicted octanol–water partition coefficient (Wildman–Crippen LogP) is 1.46. The molecule has 0 fully saturated rings. The monoisotopic (exact) mass is 227 g/mol. The van der Waals surface area contributed by atoms with Crippen molar-refractivity contribution in [2.24, 2.45) is 0 Å². The Kier molecular flexibility index (Phi) is 2.01. The minimum atomic E-state index is -0.217. The van der Waals surface area contributed by atoms with E-state index in [4.69, 9.17) is 0 Å². The summed E-state index contributed by atoms with van der Waals surface area (Å²) in [6.07, 6.45) is 0. The first-order chi connectivity index (χ1) is 8.24. The van der Waals surface area contributed by atoms with Gasteiger partial charge >= 0.3 is 0 Å². The summed E-state index contributed by atoms with van der Waals surface area (Å²) in [5, 5.41) is 11.3. The fourth-order valence-corrected chi connectivity index (χ4v) is 1.73. The lowest BCUT2D eigenvalue weighted by Crippen LogP contribution is -2.09. The highest BCUT2D eigenvalue weighted by Gasteiger charge is 2.08. The molecule has 0 aliphatic rings. The number of hydrogen-bond donors (Lipinski definition) is 2. The van der Waals surface area contributed by atoms with E-state index in [1.54, 1.807) is 0 Å². The second kappa shape index (κ2) is 3.51. The number of carbonyl (C=O) groups excluding carboxylic acids is 1. The van der Waals surface area contributed by atoms with Crippen LogP contribution in [0.15, 0.2) is 24.3 Å². The van der Waals surface area contributed by atoms with Crippen LogP contribution in [0, 0.1) is 0 Å². The molecule has 0 radical (unpaired) electrons. The standard InChI is InChI=1S/C11H9N5O/c1-6(17)12-11-14-9-7-4-2-3-5-8(7)13-10(9)15-16-11/h2-5H,1H3,(H,13,15)(H,12,14,16,17). The third-order valence-electron chi connectivity index (χ3n) is 2.41. The van der Waals surface area contributed by atoms with E-state index in [1.807, 2.05) is 24.3 Å². The van der Waals surface area contributed by atoms with Crippen LogP contribution in [-0.4, -0.2) is 26.1 Å². The van der Waals surface area contributed by atoms with Gasteiger partial charge in [-0.25, -0.2) is 4.98 Å². The molecule has 0 atom stereocenters. The number of para-hydroxylation sites is 1. The van der Waals surface area contributed by atoms with Gasteiger partial charge in [0.05, 0.1) is 0 Å². The molecule has 17 heavy (non-hydrogen) atoms. The van der Waals surface area contributed by atoms with Crippen molar-refractivity contribution in [1.82, 2.24) is 20.2 Å². The number of nitrogens with zero attached hydrogens (tertiary/aromatic N) is 3. The summed E-state index contributed by atoms with van der Waals surface area (Å²) in [7, 11) is 0. The minimum Gasteiger partial charge on any atom is -0.336 e. The number of nitrogens with one attached hydrogen (secondary N) is 2. The van der Waals surface area contributed by atoms with E-state index >= 15 is 0 Å². The molecule has 0 saturated carbocycles. The molecule has 0 aliphatic heterocycles. The molecule has 3 aromatic rings. The van der Waals surface area contributed by atoms with Crippen molar-refractivity contribution in [3.05, 3.63) is 24.3 Å². The van der Waals surface area contributed by atoms with Crippen molar-refractivity contribution in [3.8, 4) is 0 Å². The van der Waals surface area contributed by atoms with Crippen LogP contribution in [0.1, 0.15) is 6.92 Å². The molecule has 1 amide bonds. The number of amides is 1. The summed E-state index contributed by atoms with van der Waals surface area (Å²) in [6, 6.07) is 7.74. The summed E-state index contributed by atoms with van der Waals surface area (Å²) < 4.78 is 0. The molecule has 6 heteroatoms. The van der Waals surface area contributed by atoms with Crippen LogP contribution in [0.25, 0.3) is 22.1 Å². The SMILES string of the molecule is CC(=O)Nc1nnc2[nH]c3ccccc3c2n1. The number of hydrogen-bond acceptors (Lipinski definition) is 4. The van der Waals surface area contributed by atoms with E-state index in [9.17, 15) is 4.79 Å². The van der Waals surface area contributed by atoms with Crippen LogP contribution in [0.3, 0.4) is 0 Å². The molecular formula is C11H9N5O. The first-order valence-corrected chi connectivity index (χ1v) is 5.13. The molecule has 0 bridgehead atoms. The van der Waals surface area contributed by atoms with Gasteiger partial charge in [-0.1, -0.05) is 18.2 Å². The smallest absolute Gasteiger partial charge is 0.250 e. The summed E-state index contributed by atoms with van der Waals surface area (Å²) in [5.41, 5.74) is 2.27. The second-order valence-electron chi connectivity index (χ2n) is 3.68. The fraction of sp³-hybridized carbons (Fsp3) is 0.0909. The van der Waals surface area contributed by atoms with Crippen LogP contribution in [0.4, 0.5) is 5.95 Å². The number of rotatable bonds is 1. The zero-order valence-corrected chi connectivity index (χ0v) is 9.06.